The van der Waals surface area contributed by atoms with Gasteiger partial charge in [-0.25, -0.2) is 9.48 Å². The molecule has 1 aliphatic rings. The van der Waals surface area contributed by atoms with Crippen molar-refractivity contribution in [1.29, 1.82) is 0 Å². The molecule has 2 aromatic carbocycles. The first-order valence-corrected chi connectivity index (χ1v) is 18.1. The molecule has 0 fully saturated rings. The van der Waals surface area contributed by atoms with E-state index < -0.39 is 109 Å². The maximum absolute atomic E-state index is 15.3. The van der Waals surface area contributed by atoms with Gasteiger partial charge in [0.15, 0.2) is 0 Å². The number of hydrogen-bond donors (Lipinski definition) is 0. The third-order valence-corrected chi connectivity index (χ3v) is 10.7. The molecule has 0 radical (unpaired) electrons. The van der Waals surface area contributed by atoms with Crippen LogP contribution < -0.4 is 17.3 Å². The Labute approximate surface area is 362 Å². The van der Waals surface area contributed by atoms with Crippen molar-refractivity contribution in [2.24, 2.45) is 0 Å². The van der Waals surface area contributed by atoms with E-state index in [1.807, 2.05) is 0 Å². The lowest BCUT2D eigenvalue weighted by atomic mass is 9.87. The van der Waals surface area contributed by atoms with Crippen molar-refractivity contribution in [3.8, 4) is 0 Å². The summed E-state index contributed by atoms with van der Waals surface area (Å²) in [5.74, 6) is -78.9. The summed E-state index contributed by atoms with van der Waals surface area (Å²) in [5, 5.41) is 0. The second-order valence-electron chi connectivity index (χ2n) is 15.6. The largest absolute Gasteiger partial charge is 1.00 e. The van der Waals surface area contributed by atoms with E-state index in [1.165, 1.54) is 65.8 Å². The second kappa shape index (κ2) is 17.4. The first-order chi connectivity index (χ1) is 28.6. The Bertz CT molecular complexity index is 2070. The van der Waals surface area contributed by atoms with Crippen LogP contribution in [0.2, 0.25) is 0 Å². The average molecular weight is 1040 g/mol. The predicted molar refractivity (Wildman–Crippen MR) is 177 cm³/mol. The lowest BCUT2D eigenvalue weighted by Crippen LogP contribution is -3.00. The number of hydrogen-bond acceptors (Lipinski definition) is 1. The van der Waals surface area contributed by atoms with E-state index in [2.05, 4.69) is 0 Å². The van der Waals surface area contributed by atoms with Crippen LogP contribution in [-0.2, 0) is 0 Å². The van der Waals surface area contributed by atoms with E-state index in [1.54, 1.807) is 0 Å². The normalized spacial score (nSPS) is 18.2. The monoisotopic (exact) mass is 1030 g/mol. The minimum absolute atomic E-state index is 0. The summed E-state index contributed by atoms with van der Waals surface area (Å²) in [6, 6.07) is 0.230. The van der Waals surface area contributed by atoms with Gasteiger partial charge in [0.05, 0.1) is 0 Å². The van der Waals surface area contributed by atoms with Crippen LogP contribution >= 0.6 is 0 Å². The molecule has 3 rings (SSSR count). The Morgan fingerprint density at radius 3 is 1.02 bits per heavy atom. The van der Waals surface area contributed by atoms with Crippen LogP contribution in [0.4, 0.5) is 126 Å². The molecule has 0 unspecified atom stereocenters. The van der Waals surface area contributed by atoms with Crippen molar-refractivity contribution in [2.75, 3.05) is 4.90 Å². The van der Waals surface area contributed by atoms with Crippen LogP contribution in [0.15, 0.2) is 24.3 Å². The molecular weight excluding hydrogens is 1000 g/mol. The molecular formula is C37H33ClF26N2. The van der Waals surface area contributed by atoms with Crippen molar-refractivity contribution in [2.45, 2.75) is 151 Å². The smallest absolute Gasteiger partial charge is 0.460 e. The van der Waals surface area contributed by atoms with E-state index in [-0.39, 0.29) is 46.0 Å². The van der Waals surface area contributed by atoms with Gasteiger partial charge in [-0.15, -0.1) is 0 Å². The molecule has 66 heavy (non-hydrogen) atoms. The summed E-state index contributed by atoms with van der Waals surface area (Å²) in [5.41, 5.74) is 0.298. The van der Waals surface area contributed by atoms with E-state index in [0.29, 0.717) is 20.6 Å². The zero-order valence-electron chi connectivity index (χ0n) is 34.0. The van der Waals surface area contributed by atoms with Gasteiger partial charge in [0.25, 0.3) is 0 Å². The molecule has 0 N–H and O–H groups in total. The first kappa shape index (κ1) is 58.5. The van der Waals surface area contributed by atoms with Gasteiger partial charge in [-0.1, -0.05) is 35.4 Å². The van der Waals surface area contributed by atoms with E-state index >= 15 is 17.6 Å². The van der Waals surface area contributed by atoms with E-state index in [4.69, 9.17) is 0 Å². The molecule has 0 saturated heterocycles. The summed E-state index contributed by atoms with van der Waals surface area (Å²) in [6.07, 6.45) is -24.9. The fourth-order valence-corrected chi connectivity index (χ4v) is 7.52. The molecule has 0 aromatic heterocycles. The Morgan fingerprint density at radius 2 is 0.697 bits per heavy atom. The SMILES string of the molecule is Cc1cc(C)c(N2C=[N+](c3c(C)cc(C)cc3C)[C@@H](CCC(F)(F)C(F)(F)C(F)(F)C(F)(F)C(F)(F)C(F)(F)F)[C@@H]2CCC(F)(F)C(F)(F)C(F)(F)C(F)(F)C(F)(F)C(F)(F)F)c(C)c1.[Cl-]. The molecule has 0 saturated carbocycles. The number of alkyl halides is 26. The summed E-state index contributed by atoms with van der Waals surface area (Å²) < 4.78 is 366. The van der Waals surface area contributed by atoms with Gasteiger partial charge >= 0.3 is 71.6 Å². The van der Waals surface area contributed by atoms with Crippen LogP contribution in [0, 0.1) is 41.5 Å². The fraction of sp³-hybridized carbons (Fsp3) is 0.649. The van der Waals surface area contributed by atoms with Gasteiger partial charge in [0.1, 0.15) is 23.5 Å². The standard InChI is InChI=1S/C37H33F26N2.ClH/c1-16-11-18(3)24(19(4)12-16)64-15-65(25-20(5)13-17(2)14-21(25)6)23(8-10-27(40,41)29(44,45)31(48,49)33(52,53)35(56,57)37(61,62)63)22(64)7-9-26(38,39)28(42,43)30(46,47)32(50,51)34(54,55)36(58,59)60;/h11-15,22-23H,7-10H2,1-6H3;1H/q+1;/p-1/t22-,23-;/m0./s1. The minimum atomic E-state index is -8.34. The lowest BCUT2D eigenvalue weighted by Gasteiger charge is -2.40. The van der Waals surface area contributed by atoms with Gasteiger partial charge < -0.3 is 12.4 Å². The number of aryl methyl sites for hydroxylation is 6. The highest BCUT2D eigenvalue weighted by molar-refractivity contribution is 5.83. The highest BCUT2D eigenvalue weighted by Crippen LogP contribution is 2.63. The number of anilines is 1. The van der Waals surface area contributed by atoms with Crippen LogP contribution in [0.3, 0.4) is 0 Å². The van der Waals surface area contributed by atoms with Gasteiger partial charge in [-0.05, 0) is 76.6 Å². The highest BCUT2D eigenvalue weighted by atomic mass is 35.5. The van der Waals surface area contributed by atoms with Crippen molar-refractivity contribution in [3.63, 3.8) is 0 Å². The van der Waals surface area contributed by atoms with Crippen molar-refractivity contribution >= 4 is 17.7 Å². The molecule has 1 aliphatic heterocycles. The molecule has 2 atom stereocenters. The summed E-state index contributed by atoms with van der Waals surface area (Å²) in [4.78, 5) is 0.662. The molecule has 0 amide bonds. The Morgan fingerprint density at radius 1 is 0.409 bits per heavy atom. The number of halogens is 27. The van der Waals surface area contributed by atoms with Crippen molar-refractivity contribution in [1.82, 2.24) is 0 Å². The van der Waals surface area contributed by atoms with Crippen LogP contribution in [0.5, 0.6) is 0 Å². The topological polar surface area (TPSA) is 6.25 Å². The molecule has 29 heteroatoms. The molecule has 380 valence electrons. The van der Waals surface area contributed by atoms with Gasteiger partial charge in [0.2, 0.25) is 6.34 Å². The summed E-state index contributed by atoms with van der Waals surface area (Å²) >= 11 is 0. The number of nitrogens with zero attached hydrogens (tertiary/aromatic N) is 2. The van der Waals surface area contributed by atoms with Gasteiger partial charge in [-0.3, -0.25) is 0 Å². The number of rotatable bonds is 16. The molecule has 0 bridgehead atoms. The second-order valence-corrected chi connectivity index (χ2v) is 15.6. The van der Waals surface area contributed by atoms with Crippen LogP contribution in [0.25, 0.3) is 0 Å². The average Bonchev–Trinajstić information content (AvgIpc) is 3.44. The minimum Gasteiger partial charge on any atom is -1.00 e. The zero-order chi connectivity index (χ0) is 51.3. The van der Waals surface area contributed by atoms with Crippen molar-refractivity contribution < 1.29 is 131 Å². The maximum Gasteiger partial charge on any atom is 0.460 e. The summed E-state index contributed by atoms with van der Waals surface area (Å²) in [6.45, 7) is 7.77. The Hall–Kier alpha value is -3.62. The summed E-state index contributed by atoms with van der Waals surface area (Å²) in [7, 11) is 0. The molecule has 0 aliphatic carbocycles. The van der Waals surface area contributed by atoms with Gasteiger partial charge in [-0.2, -0.15) is 114 Å². The lowest BCUT2D eigenvalue weighted by molar-refractivity contribution is -0.479. The molecule has 2 aromatic rings. The Balaban J connectivity index is 0.0000150. The predicted octanol–water partition coefficient (Wildman–Crippen LogP) is 11.5. The van der Waals surface area contributed by atoms with Gasteiger partial charge in [0, 0.05) is 12.8 Å². The van der Waals surface area contributed by atoms with Crippen molar-refractivity contribution in [3.05, 3.63) is 57.6 Å². The molecule has 0 spiro atoms. The number of benzene rings is 2. The van der Waals surface area contributed by atoms with E-state index in [9.17, 15) is 96.6 Å². The molecule has 1 heterocycles. The van der Waals surface area contributed by atoms with Crippen LogP contribution in [0.1, 0.15) is 59.1 Å². The first-order valence-electron chi connectivity index (χ1n) is 18.1. The zero-order valence-corrected chi connectivity index (χ0v) is 34.7. The Kier molecular flexibility index (Phi) is 15.4. The third-order valence-electron chi connectivity index (χ3n) is 10.7. The van der Waals surface area contributed by atoms with Crippen LogP contribution in [-0.4, -0.2) is 94.6 Å². The van der Waals surface area contributed by atoms with E-state index in [0.717, 1.165) is 6.34 Å². The highest BCUT2D eigenvalue weighted by Gasteiger charge is 2.92. The quantitative estimate of drug-likeness (QED) is 0.120. The maximum atomic E-state index is 15.3. The third kappa shape index (κ3) is 8.93. The molecule has 2 nitrogen and oxygen atoms in total. The fourth-order valence-electron chi connectivity index (χ4n) is 7.52.